The van der Waals surface area contributed by atoms with Crippen LogP contribution in [0.15, 0.2) is 48.5 Å². The predicted octanol–water partition coefficient (Wildman–Crippen LogP) is 2.90. The van der Waals surface area contributed by atoms with Crippen molar-refractivity contribution in [3.8, 4) is 11.5 Å². The standard InChI is InChI=1S/C24H27N3O4/c1-16-4-2-3-5-21(16)31-19-8-6-17(7-9-19)18-12-27(13-18)24(29)26-11-10-22-20(14-26)25-23(28)15-30-22/h2-9,18,20,22H,10-15H2,1H3,(H,25,28)/t20-,22?/m1/s1. The van der Waals surface area contributed by atoms with Gasteiger partial charge in [-0.05, 0) is 42.7 Å². The van der Waals surface area contributed by atoms with Gasteiger partial charge in [-0.1, -0.05) is 30.3 Å². The smallest absolute Gasteiger partial charge is 0.320 e. The lowest BCUT2D eigenvalue weighted by Gasteiger charge is -2.46. The number of urea groups is 1. The van der Waals surface area contributed by atoms with Gasteiger partial charge in [0, 0.05) is 32.1 Å². The van der Waals surface area contributed by atoms with E-state index < -0.39 is 0 Å². The first-order valence-corrected chi connectivity index (χ1v) is 10.8. The van der Waals surface area contributed by atoms with Gasteiger partial charge >= 0.3 is 6.03 Å². The largest absolute Gasteiger partial charge is 0.457 e. The van der Waals surface area contributed by atoms with Crippen molar-refractivity contribution in [3.05, 3.63) is 59.7 Å². The lowest BCUT2D eigenvalue weighted by atomic mass is 9.91. The maximum Gasteiger partial charge on any atom is 0.320 e. The number of benzene rings is 2. The van der Waals surface area contributed by atoms with Crippen LogP contribution in [0.5, 0.6) is 11.5 Å². The molecule has 31 heavy (non-hydrogen) atoms. The zero-order valence-corrected chi connectivity index (χ0v) is 17.6. The van der Waals surface area contributed by atoms with E-state index in [1.807, 2.05) is 53.1 Å². The zero-order chi connectivity index (χ0) is 21.4. The van der Waals surface area contributed by atoms with Gasteiger partial charge in [0.1, 0.15) is 18.1 Å². The maximum atomic E-state index is 12.9. The Morgan fingerprint density at radius 1 is 1.06 bits per heavy atom. The molecule has 0 radical (unpaired) electrons. The summed E-state index contributed by atoms with van der Waals surface area (Å²) in [7, 11) is 0. The van der Waals surface area contributed by atoms with Gasteiger partial charge in [0.2, 0.25) is 5.91 Å². The summed E-state index contributed by atoms with van der Waals surface area (Å²) in [5, 5.41) is 2.95. The summed E-state index contributed by atoms with van der Waals surface area (Å²) < 4.78 is 11.6. The lowest BCUT2D eigenvalue weighted by molar-refractivity contribution is -0.139. The number of likely N-dealkylation sites (tertiary alicyclic amines) is 2. The Morgan fingerprint density at radius 3 is 2.61 bits per heavy atom. The molecule has 0 aromatic heterocycles. The highest BCUT2D eigenvalue weighted by molar-refractivity contribution is 5.79. The normalized spacial score (nSPS) is 23.6. The monoisotopic (exact) mass is 421 g/mol. The van der Waals surface area contributed by atoms with Gasteiger partial charge in [0.15, 0.2) is 0 Å². The number of piperidine rings is 1. The van der Waals surface area contributed by atoms with Gasteiger partial charge in [-0.25, -0.2) is 4.79 Å². The van der Waals surface area contributed by atoms with Crippen LogP contribution in [0.25, 0.3) is 0 Å². The Bertz CT molecular complexity index is 971. The van der Waals surface area contributed by atoms with E-state index in [1.165, 1.54) is 5.56 Å². The van der Waals surface area contributed by atoms with Crippen molar-refractivity contribution in [2.24, 2.45) is 0 Å². The Balaban J connectivity index is 1.14. The molecule has 3 heterocycles. The molecule has 7 heteroatoms. The molecule has 0 spiro atoms. The zero-order valence-electron chi connectivity index (χ0n) is 17.6. The van der Waals surface area contributed by atoms with Crippen LogP contribution in [0.4, 0.5) is 4.79 Å². The minimum Gasteiger partial charge on any atom is -0.457 e. The third-order valence-corrected chi connectivity index (χ3v) is 6.42. The number of amides is 3. The summed E-state index contributed by atoms with van der Waals surface area (Å²) in [6.45, 7) is 4.76. The summed E-state index contributed by atoms with van der Waals surface area (Å²) in [5.74, 6) is 1.91. The van der Waals surface area contributed by atoms with Crippen LogP contribution in [0.2, 0.25) is 0 Å². The van der Waals surface area contributed by atoms with E-state index in [1.54, 1.807) is 0 Å². The van der Waals surface area contributed by atoms with E-state index in [-0.39, 0.29) is 30.7 Å². The van der Waals surface area contributed by atoms with Crippen LogP contribution in [0.1, 0.15) is 23.5 Å². The first-order chi connectivity index (χ1) is 15.1. The number of aryl methyl sites for hydroxylation is 1. The molecule has 0 bridgehead atoms. The summed E-state index contributed by atoms with van der Waals surface area (Å²) in [6.07, 6.45) is 0.780. The average Bonchev–Trinajstić information content (AvgIpc) is 2.75. The molecular formula is C24H27N3O4. The molecule has 7 nitrogen and oxygen atoms in total. The SMILES string of the molecule is Cc1ccccc1Oc1ccc(C2CN(C(=O)N3CCC4OCC(=O)N[C@@H]4C3)C2)cc1. The van der Waals surface area contributed by atoms with Gasteiger partial charge in [-0.2, -0.15) is 0 Å². The fourth-order valence-electron chi connectivity index (χ4n) is 4.53. The number of ether oxygens (including phenoxy) is 2. The van der Waals surface area contributed by atoms with Crippen molar-refractivity contribution in [2.75, 3.05) is 32.8 Å². The number of nitrogens with zero attached hydrogens (tertiary/aromatic N) is 2. The van der Waals surface area contributed by atoms with E-state index in [2.05, 4.69) is 17.4 Å². The third kappa shape index (κ3) is 4.10. The first kappa shape index (κ1) is 19.9. The molecule has 2 atom stereocenters. The first-order valence-electron chi connectivity index (χ1n) is 10.8. The number of para-hydroxylation sites is 1. The Labute approximate surface area is 181 Å². The van der Waals surface area contributed by atoms with Crippen LogP contribution >= 0.6 is 0 Å². The second-order valence-electron chi connectivity index (χ2n) is 8.58. The van der Waals surface area contributed by atoms with Crippen molar-refractivity contribution >= 4 is 11.9 Å². The van der Waals surface area contributed by atoms with Crippen LogP contribution in [0.3, 0.4) is 0 Å². The minimum absolute atomic E-state index is 0.0197. The number of rotatable bonds is 3. The van der Waals surface area contributed by atoms with Crippen LogP contribution in [-0.2, 0) is 9.53 Å². The van der Waals surface area contributed by atoms with Gasteiger partial charge in [-0.15, -0.1) is 0 Å². The van der Waals surface area contributed by atoms with Crippen molar-refractivity contribution < 1.29 is 19.1 Å². The van der Waals surface area contributed by atoms with Crippen LogP contribution in [0, 0.1) is 6.92 Å². The Kier molecular flexibility index (Phi) is 5.28. The fraction of sp³-hybridized carbons (Fsp3) is 0.417. The van der Waals surface area contributed by atoms with Gasteiger partial charge < -0.3 is 24.6 Å². The third-order valence-electron chi connectivity index (χ3n) is 6.42. The molecule has 3 aliphatic heterocycles. The number of fused-ring (bicyclic) bond motifs is 1. The summed E-state index contributed by atoms with van der Waals surface area (Å²) in [4.78, 5) is 28.2. The van der Waals surface area contributed by atoms with Crippen molar-refractivity contribution in [1.82, 2.24) is 15.1 Å². The molecule has 2 aromatic carbocycles. The number of hydrogen-bond donors (Lipinski definition) is 1. The summed E-state index contributed by atoms with van der Waals surface area (Å²) >= 11 is 0. The van der Waals surface area contributed by atoms with Gasteiger partial charge in [0.25, 0.3) is 0 Å². The number of hydrogen-bond acceptors (Lipinski definition) is 4. The molecule has 1 unspecified atom stereocenters. The molecule has 0 saturated carbocycles. The van der Waals surface area contributed by atoms with Gasteiger partial charge in [0.05, 0.1) is 12.1 Å². The molecule has 3 fully saturated rings. The van der Waals surface area contributed by atoms with Crippen molar-refractivity contribution in [3.63, 3.8) is 0 Å². The highest BCUT2D eigenvalue weighted by Crippen LogP contribution is 2.31. The van der Waals surface area contributed by atoms with Crippen molar-refractivity contribution in [1.29, 1.82) is 0 Å². The maximum absolute atomic E-state index is 12.9. The molecule has 3 amide bonds. The summed E-state index contributed by atoms with van der Waals surface area (Å²) in [6, 6.07) is 16.1. The van der Waals surface area contributed by atoms with E-state index >= 15 is 0 Å². The molecular weight excluding hydrogens is 394 g/mol. The Morgan fingerprint density at radius 2 is 1.84 bits per heavy atom. The highest BCUT2D eigenvalue weighted by Gasteiger charge is 2.40. The number of nitrogens with one attached hydrogen (secondary N) is 1. The number of morpholine rings is 1. The molecule has 5 rings (SSSR count). The number of carbonyl (C=O) groups excluding carboxylic acids is 2. The molecule has 162 valence electrons. The second-order valence-corrected chi connectivity index (χ2v) is 8.58. The average molecular weight is 421 g/mol. The van der Waals surface area contributed by atoms with E-state index in [0.29, 0.717) is 32.1 Å². The lowest BCUT2D eigenvalue weighted by Crippen LogP contribution is -2.63. The topological polar surface area (TPSA) is 71.1 Å². The highest BCUT2D eigenvalue weighted by atomic mass is 16.5. The van der Waals surface area contributed by atoms with Crippen LogP contribution in [-0.4, -0.2) is 66.7 Å². The van der Waals surface area contributed by atoms with E-state index in [4.69, 9.17) is 9.47 Å². The van der Waals surface area contributed by atoms with Gasteiger partial charge in [-0.3, -0.25) is 4.79 Å². The number of carbonyl (C=O) groups is 2. The minimum atomic E-state index is -0.102. The molecule has 3 saturated heterocycles. The molecule has 0 aliphatic carbocycles. The quantitative estimate of drug-likeness (QED) is 0.827. The molecule has 3 aliphatic rings. The van der Waals surface area contributed by atoms with E-state index in [9.17, 15) is 9.59 Å². The van der Waals surface area contributed by atoms with Crippen LogP contribution < -0.4 is 10.1 Å². The molecule has 1 N–H and O–H groups in total. The van der Waals surface area contributed by atoms with E-state index in [0.717, 1.165) is 23.5 Å². The van der Waals surface area contributed by atoms with Crippen molar-refractivity contribution in [2.45, 2.75) is 31.4 Å². The Hall–Kier alpha value is -3.06. The predicted molar refractivity (Wildman–Crippen MR) is 115 cm³/mol. The molecule has 2 aromatic rings. The second kappa shape index (κ2) is 8.23. The summed E-state index contributed by atoms with van der Waals surface area (Å²) in [5.41, 5.74) is 2.32. The fourth-order valence-corrected chi connectivity index (χ4v) is 4.53.